The number of para-hydroxylation sites is 2. The minimum atomic E-state index is 1.17. The van der Waals surface area contributed by atoms with Crippen LogP contribution in [0.1, 0.15) is 0 Å². The number of nitrogens with zero attached hydrogens (tertiary/aromatic N) is 2. The number of fused-ring (bicyclic) bond motifs is 4. The van der Waals surface area contributed by atoms with Gasteiger partial charge in [0.05, 0.1) is 11.0 Å². The molecule has 8 aromatic rings. The molecule has 0 aliphatic rings. The fourth-order valence-electron chi connectivity index (χ4n) is 6.37. The molecule has 0 aliphatic carbocycles. The zero-order valence-electron chi connectivity index (χ0n) is 24.0. The molecular formula is C41H30N2. The van der Waals surface area contributed by atoms with Gasteiger partial charge in [0, 0.05) is 34.9 Å². The van der Waals surface area contributed by atoms with E-state index in [0.29, 0.717) is 0 Å². The van der Waals surface area contributed by atoms with Crippen LogP contribution >= 0.6 is 0 Å². The molecule has 2 heteroatoms. The molecule has 0 spiro atoms. The highest BCUT2D eigenvalue weighted by Gasteiger charge is 2.17. The lowest BCUT2D eigenvalue weighted by Gasteiger charge is -2.19. The summed E-state index contributed by atoms with van der Waals surface area (Å²) >= 11 is 0. The van der Waals surface area contributed by atoms with Crippen LogP contribution in [0.2, 0.25) is 0 Å². The van der Waals surface area contributed by atoms with Gasteiger partial charge in [0.2, 0.25) is 0 Å². The molecule has 0 unspecified atom stereocenters. The number of anilines is 2. The van der Waals surface area contributed by atoms with E-state index in [-0.39, 0.29) is 0 Å². The molecule has 1 aromatic heterocycles. The summed E-state index contributed by atoms with van der Waals surface area (Å²) in [6.45, 7) is 0. The highest BCUT2D eigenvalue weighted by Crippen LogP contribution is 2.40. The van der Waals surface area contributed by atoms with Gasteiger partial charge in [0.15, 0.2) is 0 Å². The lowest BCUT2D eigenvalue weighted by molar-refractivity contribution is 1.18. The van der Waals surface area contributed by atoms with Crippen molar-refractivity contribution >= 4 is 44.0 Å². The van der Waals surface area contributed by atoms with Crippen LogP contribution in [0.15, 0.2) is 164 Å². The Bertz CT molecular complexity index is 2210. The van der Waals surface area contributed by atoms with Gasteiger partial charge in [-0.15, -0.1) is 0 Å². The highest BCUT2D eigenvalue weighted by molar-refractivity contribution is 6.18. The van der Waals surface area contributed by atoms with Gasteiger partial charge in [-0.1, -0.05) is 109 Å². The van der Waals surface area contributed by atoms with Gasteiger partial charge in [0.25, 0.3) is 0 Å². The number of benzene rings is 7. The van der Waals surface area contributed by atoms with Crippen LogP contribution in [-0.4, -0.2) is 11.6 Å². The van der Waals surface area contributed by atoms with Gasteiger partial charge in [-0.25, -0.2) is 0 Å². The van der Waals surface area contributed by atoms with Gasteiger partial charge < -0.3 is 9.47 Å². The Kier molecular flexibility index (Phi) is 6.05. The van der Waals surface area contributed by atoms with Gasteiger partial charge in [-0.3, -0.25) is 0 Å². The maximum absolute atomic E-state index is 2.41. The molecule has 2 nitrogen and oxygen atoms in total. The van der Waals surface area contributed by atoms with Crippen molar-refractivity contribution in [1.82, 2.24) is 4.57 Å². The van der Waals surface area contributed by atoms with Gasteiger partial charge in [-0.05, 0) is 87.6 Å². The minimum Gasteiger partial charge on any atom is -0.345 e. The predicted molar refractivity (Wildman–Crippen MR) is 184 cm³/mol. The Hall–Kier alpha value is -5.60. The van der Waals surface area contributed by atoms with Crippen molar-refractivity contribution in [3.63, 3.8) is 0 Å². The minimum absolute atomic E-state index is 1.17. The van der Waals surface area contributed by atoms with Crippen molar-refractivity contribution in [3.8, 4) is 27.9 Å². The van der Waals surface area contributed by atoms with E-state index < -0.39 is 0 Å². The molecule has 0 saturated carbocycles. The Labute approximate surface area is 251 Å². The Morgan fingerprint density at radius 1 is 0.442 bits per heavy atom. The third-order valence-electron chi connectivity index (χ3n) is 8.60. The SMILES string of the molecule is CN(c1ccccc1)c1ccc(-c2ccc(-c3cccc4c3c3cc5ccccc5cc3n4-c3ccccc3)cc2)cc1. The molecule has 0 fully saturated rings. The summed E-state index contributed by atoms with van der Waals surface area (Å²) in [7, 11) is 2.11. The van der Waals surface area contributed by atoms with Crippen molar-refractivity contribution in [2.24, 2.45) is 0 Å². The van der Waals surface area contributed by atoms with E-state index in [4.69, 9.17) is 0 Å². The van der Waals surface area contributed by atoms with E-state index in [0.717, 1.165) is 0 Å². The molecule has 8 rings (SSSR count). The second kappa shape index (κ2) is 10.3. The van der Waals surface area contributed by atoms with Crippen LogP contribution in [0.3, 0.4) is 0 Å². The number of hydrogen-bond donors (Lipinski definition) is 0. The van der Waals surface area contributed by atoms with Crippen LogP contribution in [0, 0.1) is 0 Å². The topological polar surface area (TPSA) is 8.17 Å². The fraction of sp³-hybridized carbons (Fsp3) is 0.0244. The summed E-state index contributed by atoms with van der Waals surface area (Å²) in [5.41, 5.74) is 10.8. The van der Waals surface area contributed by atoms with Gasteiger partial charge in [-0.2, -0.15) is 0 Å². The molecule has 43 heavy (non-hydrogen) atoms. The summed E-state index contributed by atoms with van der Waals surface area (Å²) in [6.07, 6.45) is 0. The fourth-order valence-corrected chi connectivity index (χ4v) is 6.37. The van der Waals surface area contributed by atoms with E-state index >= 15 is 0 Å². The molecule has 1 heterocycles. The second-order valence-corrected chi connectivity index (χ2v) is 11.1. The maximum Gasteiger partial charge on any atom is 0.0547 e. The van der Waals surface area contributed by atoms with Crippen LogP contribution in [0.5, 0.6) is 0 Å². The van der Waals surface area contributed by atoms with Gasteiger partial charge >= 0.3 is 0 Å². The summed E-state index contributed by atoms with van der Waals surface area (Å²) in [4.78, 5) is 2.21. The van der Waals surface area contributed by atoms with E-state index in [1.165, 1.54) is 71.9 Å². The average Bonchev–Trinajstić information content (AvgIpc) is 3.41. The predicted octanol–water partition coefficient (Wildman–Crippen LogP) is 11.0. The highest BCUT2D eigenvalue weighted by atomic mass is 15.1. The zero-order valence-corrected chi connectivity index (χ0v) is 24.0. The molecule has 0 N–H and O–H groups in total. The largest absolute Gasteiger partial charge is 0.345 e. The Morgan fingerprint density at radius 3 is 1.70 bits per heavy atom. The number of rotatable bonds is 5. The van der Waals surface area contributed by atoms with E-state index in [1.807, 2.05) is 6.07 Å². The zero-order chi connectivity index (χ0) is 28.8. The Morgan fingerprint density at radius 2 is 1.00 bits per heavy atom. The van der Waals surface area contributed by atoms with E-state index in [9.17, 15) is 0 Å². The lowest BCUT2D eigenvalue weighted by atomic mass is 9.96. The first-order valence-corrected chi connectivity index (χ1v) is 14.8. The molecule has 7 aromatic carbocycles. The number of hydrogen-bond acceptors (Lipinski definition) is 1. The second-order valence-electron chi connectivity index (χ2n) is 11.1. The van der Waals surface area contributed by atoms with Crippen LogP contribution in [0.25, 0.3) is 60.5 Å². The van der Waals surface area contributed by atoms with Crippen molar-refractivity contribution in [3.05, 3.63) is 164 Å². The molecular weight excluding hydrogens is 520 g/mol. The average molecular weight is 551 g/mol. The molecule has 0 radical (unpaired) electrons. The van der Waals surface area contributed by atoms with E-state index in [2.05, 4.69) is 174 Å². The summed E-state index contributed by atoms with van der Waals surface area (Å²) in [5.74, 6) is 0. The quantitative estimate of drug-likeness (QED) is 0.207. The monoisotopic (exact) mass is 550 g/mol. The van der Waals surface area contributed by atoms with Crippen molar-refractivity contribution in [1.29, 1.82) is 0 Å². The molecule has 0 atom stereocenters. The third kappa shape index (κ3) is 4.36. The summed E-state index contributed by atoms with van der Waals surface area (Å²) < 4.78 is 2.41. The first-order chi connectivity index (χ1) is 21.2. The van der Waals surface area contributed by atoms with Gasteiger partial charge in [0.1, 0.15) is 0 Å². The van der Waals surface area contributed by atoms with Crippen LogP contribution in [-0.2, 0) is 0 Å². The molecule has 204 valence electrons. The molecule has 0 saturated heterocycles. The van der Waals surface area contributed by atoms with E-state index in [1.54, 1.807) is 0 Å². The Balaban J connectivity index is 1.22. The normalized spacial score (nSPS) is 11.4. The van der Waals surface area contributed by atoms with Crippen molar-refractivity contribution in [2.45, 2.75) is 0 Å². The van der Waals surface area contributed by atoms with Crippen molar-refractivity contribution < 1.29 is 0 Å². The standard InChI is InChI=1S/C41H30N2/c1-42(34-13-4-2-5-14-34)35-25-23-30(24-26-35)29-19-21-31(22-20-29)37-17-10-18-39-41(37)38-27-32-11-8-9-12-33(32)28-40(38)43(39)36-15-6-3-7-16-36/h2-28H,1H3. The lowest BCUT2D eigenvalue weighted by Crippen LogP contribution is -2.08. The molecule has 0 aliphatic heterocycles. The first-order valence-electron chi connectivity index (χ1n) is 14.8. The smallest absolute Gasteiger partial charge is 0.0547 e. The summed E-state index contributed by atoms with van der Waals surface area (Å²) in [6, 6.07) is 59.0. The first kappa shape index (κ1) is 25.1. The van der Waals surface area contributed by atoms with Crippen LogP contribution in [0.4, 0.5) is 11.4 Å². The van der Waals surface area contributed by atoms with Crippen molar-refractivity contribution in [2.75, 3.05) is 11.9 Å². The van der Waals surface area contributed by atoms with Crippen LogP contribution < -0.4 is 4.90 Å². The number of aromatic nitrogens is 1. The molecule has 0 amide bonds. The summed E-state index contributed by atoms with van der Waals surface area (Å²) in [5, 5.41) is 5.07. The molecule has 0 bridgehead atoms. The maximum atomic E-state index is 2.41. The third-order valence-corrected chi connectivity index (χ3v) is 8.60.